The van der Waals surface area contributed by atoms with Crippen molar-refractivity contribution in [2.75, 3.05) is 17.7 Å². The first kappa shape index (κ1) is 14.6. The van der Waals surface area contributed by atoms with Gasteiger partial charge in [-0.25, -0.2) is 14.8 Å². The molecule has 21 heavy (non-hydrogen) atoms. The van der Waals surface area contributed by atoms with Crippen molar-refractivity contribution >= 4 is 23.5 Å². The zero-order valence-electron chi connectivity index (χ0n) is 12.0. The Bertz CT molecular complexity index is 687. The zero-order chi connectivity index (χ0) is 15.6. The molecule has 2 aromatic rings. The van der Waals surface area contributed by atoms with Gasteiger partial charge in [0.15, 0.2) is 5.82 Å². The summed E-state index contributed by atoms with van der Waals surface area (Å²) < 4.78 is 7.84. The molecule has 2 heterocycles. The molecule has 0 fully saturated rings. The fourth-order valence-corrected chi connectivity index (χ4v) is 1.78. The second kappa shape index (κ2) is 5.65. The standard InChI is InChI=1S/C12H16N6O3/c1-4-21-12(20)10-15-8(6-18(10)3)16-11(19)9-14-7(13)5-17(9)2/h5-6H,4,13H2,1-3H3,(H,16,19). The molecule has 0 unspecified atom stereocenters. The van der Waals surface area contributed by atoms with Crippen LogP contribution in [-0.2, 0) is 18.8 Å². The van der Waals surface area contributed by atoms with E-state index in [1.807, 2.05) is 0 Å². The largest absolute Gasteiger partial charge is 0.460 e. The molecule has 2 aromatic heterocycles. The van der Waals surface area contributed by atoms with Crippen LogP contribution in [0.3, 0.4) is 0 Å². The quantitative estimate of drug-likeness (QED) is 0.775. The van der Waals surface area contributed by atoms with Crippen LogP contribution in [0, 0.1) is 0 Å². The van der Waals surface area contributed by atoms with E-state index >= 15 is 0 Å². The lowest BCUT2D eigenvalue weighted by molar-refractivity contribution is 0.0508. The molecule has 0 radical (unpaired) electrons. The number of esters is 1. The summed E-state index contributed by atoms with van der Waals surface area (Å²) in [4.78, 5) is 31.6. The first-order valence-electron chi connectivity index (χ1n) is 6.23. The van der Waals surface area contributed by atoms with Crippen LogP contribution in [0.25, 0.3) is 0 Å². The molecule has 0 bridgehead atoms. The second-order valence-corrected chi connectivity index (χ2v) is 4.34. The maximum absolute atomic E-state index is 12.0. The molecule has 0 aliphatic rings. The molecule has 2 rings (SSSR count). The topological polar surface area (TPSA) is 117 Å². The fourth-order valence-electron chi connectivity index (χ4n) is 1.78. The van der Waals surface area contributed by atoms with Gasteiger partial charge in [-0.1, -0.05) is 0 Å². The number of aryl methyl sites for hydroxylation is 2. The first-order chi connectivity index (χ1) is 9.92. The maximum atomic E-state index is 12.0. The van der Waals surface area contributed by atoms with Crippen molar-refractivity contribution in [2.24, 2.45) is 14.1 Å². The van der Waals surface area contributed by atoms with Crippen LogP contribution >= 0.6 is 0 Å². The number of ether oxygens (including phenoxy) is 1. The van der Waals surface area contributed by atoms with Gasteiger partial charge >= 0.3 is 5.97 Å². The summed E-state index contributed by atoms with van der Waals surface area (Å²) >= 11 is 0. The van der Waals surface area contributed by atoms with Gasteiger partial charge in [0, 0.05) is 26.5 Å². The zero-order valence-corrected chi connectivity index (χ0v) is 12.0. The predicted molar refractivity (Wildman–Crippen MR) is 74.7 cm³/mol. The predicted octanol–water partition coefficient (Wildman–Crippen LogP) is 0.165. The maximum Gasteiger partial charge on any atom is 0.374 e. The molecule has 0 aliphatic heterocycles. The molecular weight excluding hydrogens is 276 g/mol. The molecule has 3 N–H and O–H groups in total. The van der Waals surface area contributed by atoms with E-state index in [1.165, 1.54) is 21.5 Å². The number of carbonyl (C=O) groups is 2. The van der Waals surface area contributed by atoms with Gasteiger partial charge in [-0.2, -0.15) is 0 Å². The molecular formula is C12H16N6O3. The lowest BCUT2D eigenvalue weighted by Crippen LogP contribution is -2.17. The van der Waals surface area contributed by atoms with E-state index in [1.54, 1.807) is 21.0 Å². The molecule has 0 spiro atoms. The van der Waals surface area contributed by atoms with E-state index in [0.29, 0.717) is 0 Å². The van der Waals surface area contributed by atoms with Crippen LogP contribution < -0.4 is 11.1 Å². The van der Waals surface area contributed by atoms with E-state index in [2.05, 4.69) is 15.3 Å². The third-order valence-corrected chi connectivity index (χ3v) is 2.67. The van der Waals surface area contributed by atoms with Crippen molar-refractivity contribution in [1.29, 1.82) is 0 Å². The monoisotopic (exact) mass is 292 g/mol. The number of nitrogen functional groups attached to an aromatic ring is 1. The second-order valence-electron chi connectivity index (χ2n) is 4.34. The van der Waals surface area contributed by atoms with E-state index < -0.39 is 11.9 Å². The number of amides is 1. The van der Waals surface area contributed by atoms with Crippen molar-refractivity contribution in [1.82, 2.24) is 19.1 Å². The lowest BCUT2D eigenvalue weighted by atomic mass is 10.5. The van der Waals surface area contributed by atoms with Gasteiger partial charge in [-0.15, -0.1) is 0 Å². The third kappa shape index (κ3) is 3.02. The highest BCUT2D eigenvalue weighted by Crippen LogP contribution is 2.11. The molecule has 9 heteroatoms. The molecule has 0 atom stereocenters. The highest BCUT2D eigenvalue weighted by molar-refractivity contribution is 6.01. The number of rotatable bonds is 4. The number of hydrogen-bond donors (Lipinski definition) is 2. The van der Waals surface area contributed by atoms with Crippen LogP contribution in [0.2, 0.25) is 0 Å². The Hall–Kier alpha value is -2.84. The Morgan fingerprint density at radius 1 is 1.24 bits per heavy atom. The lowest BCUT2D eigenvalue weighted by Gasteiger charge is -2.01. The number of hydrogen-bond acceptors (Lipinski definition) is 6. The van der Waals surface area contributed by atoms with Crippen molar-refractivity contribution in [3.05, 3.63) is 24.0 Å². The molecule has 0 saturated heterocycles. The number of imidazole rings is 2. The number of nitrogens with one attached hydrogen (secondary N) is 1. The molecule has 1 amide bonds. The highest BCUT2D eigenvalue weighted by Gasteiger charge is 2.18. The molecule has 112 valence electrons. The van der Waals surface area contributed by atoms with Gasteiger partial charge in [0.25, 0.3) is 5.91 Å². The van der Waals surface area contributed by atoms with E-state index in [4.69, 9.17) is 10.5 Å². The van der Waals surface area contributed by atoms with E-state index in [-0.39, 0.29) is 29.9 Å². The van der Waals surface area contributed by atoms with Crippen LogP contribution in [0.4, 0.5) is 11.6 Å². The molecule has 0 aromatic carbocycles. The normalized spacial score (nSPS) is 10.4. The summed E-state index contributed by atoms with van der Waals surface area (Å²) in [5.41, 5.74) is 5.52. The fraction of sp³-hybridized carbons (Fsp3) is 0.333. The van der Waals surface area contributed by atoms with Gasteiger partial charge in [-0.05, 0) is 6.92 Å². The summed E-state index contributed by atoms with van der Waals surface area (Å²) in [7, 11) is 3.29. The molecule has 9 nitrogen and oxygen atoms in total. The Kier molecular flexibility index (Phi) is 3.92. The number of carbonyl (C=O) groups excluding carboxylic acids is 2. The minimum atomic E-state index is -0.554. The first-order valence-corrected chi connectivity index (χ1v) is 6.23. The van der Waals surface area contributed by atoms with Crippen LogP contribution in [-0.4, -0.2) is 37.6 Å². The highest BCUT2D eigenvalue weighted by atomic mass is 16.5. The van der Waals surface area contributed by atoms with Crippen LogP contribution in [0.1, 0.15) is 28.2 Å². The Balaban J connectivity index is 2.17. The third-order valence-electron chi connectivity index (χ3n) is 2.67. The van der Waals surface area contributed by atoms with Gasteiger partial charge in [0.05, 0.1) is 6.61 Å². The van der Waals surface area contributed by atoms with Crippen LogP contribution in [0.15, 0.2) is 12.4 Å². The average molecular weight is 292 g/mol. The van der Waals surface area contributed by atoms with Gasteiger partial charge in [0.1, 0.15) is 5.82 Å². The summed E-state index contributed by atoms with van der Waals surface area (Å²) in [6.07, 6.45) is 3.04. The summed E-state index contributed by atoms with van der Waals surface area (Å²) in [6, 6.07) is 0. The van der Waals surface area contributed by atoms with Crippen molar-refractivity contribution in [3.63, 3.8) is 0 Å². The van der Waals surface area contributed by atoms with Gasteiger partial charge < -0.3 is 24.9 Å². The average Bonchev–Trinajstić information content (AvgIpc) is 2.92. The number of nitrogens with two attached hydrogens (primary N) is 1. The number of nitrogens with zero attached hydrogens (tertiary/aromatic N) is 4. The minimum Gasteiger partial charge on any atom is -0.460 e. The van der Waals surface area contributed by atoms with Gasteiger partial charge in [-0.3, -0.25) is 4.79 Å². The smallest absolute Gasteiger partial charge is 0.374 e. The van der Waals surface area contributed by atoms with Crippen LogP contribution in [0.5, 0.6) is 0 Å². The molecule has 0 saturated carbocycles. The van der Waals surface area contributed by atoms with Gasteiger partial charge in [0.2, 0.25) is 11.6 Å². The van der Waals surface area contributed by atoms with Crippen molar-refractivity contribution in [3.8, 4) is 0 Å². The Morgan fingerprint density at radius 3 is 2.48 bits per heavy atom. The SMILES string of the molecule is CCOC(=O)c1nc(NC(=O)c2nc(N)cn2C)cn1C. The summed E-state index contributed by atoms with van der Waals surface area (Å²) in [5, 5.41) is 2.55. The summed E-state index contributed by atoms with van der Waals surface area (Å²) in [5.74, 6) is -0.296. The number of aromatic nitrogens is 4. The van der Waals surface area contributed by atoms with Crippen molar-refractivity contribution in [2.45, 2.75) is 6.92 Å². The Labute approximate surface area is 120 Å². The number of anilines is 2. The van der Waals surface area contributed by atoms with Crippen molar-refractivity contribution < 1.29 is 14.3 Å². The molecule has 0 aliphatic carbocycles. The summed E-state index contributed by atoms with van der Waals surface area (Å²) in [6.45, 7) is 1.95. The minimum absolute atomic E-state index is 0.103. The Morgan fingerprint density at radius 2 is 1.90 bits per heavy atom. The van der Waals surface area contributed by atoms with E-state index in [9.17, 15) is 9.59 Å². The van der Waals surface area contributed by atoms with E-state index in [0.717, 1.165) is 0 Å².